The zero-order valence-electron chi connectivity index (χ0n) is 13.0. The first-order valence-electron chi connectivity index (χ1n) is 7.62. The molecule has 0 radical (unpaired) electrons. The standard InChI is InChI=1S/C19H15BrO4/c1-2-5-12-10-18(21)24-17-11-13(8-9-14(12)17)23-19(22)15-6-3-4-7-16(15)20/h3-4,6-11H,2,5H2,1H3. The monoisotopic (exact) mass is 386 g/mol. The summed E-state index contributed by atoms with van der Waals surface area (Å²) in [5, 5.41) is 0.858. The summed E-state index contributed by atoms with van der Waals surface area (Å²) in [5.74, 6) is -0.145. The molecule has 2 aromatic carbocycles. The summed E-state index contributed by atoms with van der Waals surface area (Å²) in [5.41, 5.74) is 1.38. The van der Waals surface area contributed by atoms with Gasteiger partial charge in [-0.15, -0.1) is 0 Å². The van der Waals surface area contributed by atoms with Crippen molar-refractivity contribution in [3.63, 3.8) is 0 Å². The summed E-state index contributed by atoms with van der Waals surface area (Å²) in [6, 6.07) is 13.6. The Morgan fingerprint density at radius 3 is 2.71 bits per heavy atom. The van der Waals surface area contributed by atoms with E-state index in [-0.39, 0.29) is 0 Å². The van der Waals surface area contributed by atoms with E-state index >= 15 is 0 Å². The number of esters is 1. The van der Waals surface area contributed by atoms with Crippen LogP contribution in [0.15, 0.2) is 62.2 Å². The first kappa shape index (κ1) is 16.5. The Morgan fingerprint density at radius 2 is 1.96 bits per heavy atom. The fraction of sp³-hybridized carbons (Fsp3) is 0.158. The van der Waals surface area contributed by atoms with Gasteiger partial charge in [-0.3, -0.25) is 0 Å². The maximum Gasteiger partial charge on any atom is 0.344 e. The Kier molecular flexibility index (Phi) is 4.81. The third kappa shape index (κ3) is 3.41. The van der Waals surface area contributed by atoms with Crippen LogP contribution >= 0.6 is 15.9 Å². The molecule has 0 spiro atoms. The van der Waals surface area contributed by atoms with E-state index in [9.17, 15) is 9.59 Å². The van der Waals surface area contributed by atoms with Crippen LogP contribution in [0.25, 0.3) is 11.0 Å². The van der Waals surface area contributed by atoms with Crippen molar-refractivity contribution in [2.24, 2.45) is 0 Å². The van der Waals surface area contributed by atoms with Gasteiger partial charge in [0.15, 0.2) is 0 Å². The topological polar surface area (TPSA) is 56.5 Å². The van der Waals surface area contributed by atoms with Crippen molar-refractivity contribution < 1.29 is 13.9 Å². The van der Waals surface area contributed by atoms with Gasteiger partial charge in [-0.25, -0.2) is 9.59 Å². The smallest absolute Gasteiger partial charge is 0.344 e. The third-order valence-corrected chi connectivity index (χ3v) is 4.32. The van der Waals surface area contributed by atoms with Gasteiger partial charge in [0.05, 0.1) is 5.56 Å². The van der Waals surface area contributed by atoms with Crippen molar-refractivity contribution in [2.45, 2.75) is 19.8 Å². The average Bonchev–Trinajstić information content (AvgIpc) is 2.55. The fourth-order valence-corrected chi connectivity index (χ4v) is 2.99. The number of carbonyl (C=O) groups excluding carboxylic acids is 1. The van der Waals surface area contributed by atoms with Gasteiger partial charge >= 0.3 is 11.6 Å². The second-order valence-corrected chi connectivity index (χ2v) is 6.22. The molecule has 0 aliphatic carbocycles. The average molecular weight is 387 g/mol. The minimum atomic E-state index is -0.478. The number of rotatable bonds is 4. The van der Waals surface area contributed by atoms with Crippen LogP contribution in [0.2, 0.25) is 0 Å². The van der Waals surface area contributed by atoms with Gasteiger partial charge in [-0.1, -0.05) is 25.5 Å². The van der Waals surface area contributed by atoms with Gasteiger partial charge in [0.1, 0.15) is 11.3 Å². The molecule has 0 N–H and O–H groups in total. The van der Waals surface area contributed by atoms with Crippen molar-refractivity contribution in [1.82, 2.24) is 0 Å². The van der Waals surface area contributed by atoms with Gasteiger partial charge in [-0.2, -0.15) is 0 Å². The number of carbonyl (C=O) groups is 1. The molecule has 0 fully saturated rings. The quantitative estimate of drug-likeness (QED) is 0.369. The highest BCUT2D eigenvalue weighted by Crippen LogP contribution is 2.25. The highest BCUT2D eigenvalue weighted by atomic mass is 79.9. The number of benzene rings is 2. The molecule has 1 aromatic heterocycles. The molecular formula is C19H15BrO4. The van der Waals surface area contributed by atoms with Crippen LogP contribution in [0.5, 0.6) is 5.75 Å². The van der Waals surface area contributed by atoms with E-state index in [0.717, 1.165) is 23.8 Å². The van der Waals surface area contributed by atoms with E-state index < -0.39 is 11.6 Å². The van der Waals surface area contributed by atoms with Crippen LogP contribution < -0.4 is 10.4 Å². The first-order valence-corrected chi connectivity index (χ1v) is 8.41. The van der Waals surface area contributed by atoms with Crippen LogP contribution in [0.3, 0.4) is 0 Å². The van der Waals surface area contributed by atoms with Crippen molar-refractivity contribution in [2.75, 3.05) is 0 Å². The molecule has 3 aromatic rings. The number of hydrogen-bond acceptors (Lipinski definition) is 4. The molecule has 0 bridgehead atoms. The summed E-state index contributed by atoms with van der Waals surface area (Å²) in [6.45, 7) is 2.05. The number of fused-ring (bicyclic) bond motifs is 1. The molecule has 0 unspecified atom stereocenters. The van der Waals surface area contributed by atoms with E-state index in [0.29, 0.717) is 21.4 Å². The maximum atomic E-state index is 12.3. The van der Waals surface area contributed by atoms with Crippen LogP contribution in [0.1, 0.15) is 29.3 Å². The van der Waals surface area contributed by atoms with E-state index in [1.807, 2.05) is 19.1 Å². The lowest BCUT2D eigenvalue weighted by molar-refractivity contribution is 0.0734. The van der Waals surface area contributed by atoms with Crippen LogP contribution in [-0.4, -0.2) is 5.97 Å². The molecule has 0 atom stereocenters. The molecule has 1 heterocycles. The third-order valence-electron chi connectivity index (χ3n) is 3.63. The van der Waals surface area contributed by atoms with Crippen molar-refractivity contribution >= 4 is 32.9 Å². The number of halogens is 1. The molecule has 0 amide bonds. The Bertz CT molecular complexity index is 959. The lowest BCUT2D eigenvalue weighted by Crippen LogP contribution is -2.09. The molecular weight excluding hydrogens is 372 g/mol. The molecule has 24 heavy (non-hydrogen) atoms. The van der Waals surface area contributed by atoms with Gasteiger partial charge in [0.25, 0.3) is 0 Å². The van der Waals surface area contributed by atoms with Gasteiger partial charge in [-0.05, 0) is 52.2 Å². The minimum Gasteiger partial charge on any atom is -0.423 e. The summed E-state index contributed by atoms with van der Waals surface area (Å²) < 4.78 is 11.3. The first-order chi connectivity index (χ1) is 11.6. The fourth-order valence-electron chi connectivity index (χ4n) is 2.54. The maximum absolute atomic E-state index is 12.3. The molecule has 0 aliphatic heterocycles. The normalized spacial score (nSPS) is 10.8. The highest BCUT2D eigenvalue weighted by Gasteiger charge is 2.13. The molecule has 4 nitrogen and oxygen atoms in total. The number of hydrogen-bond donors (Lipinski definition) is 0. The lowest BCUT2D eigenvalue weighted by atomic mass is 10.1. The van der Waals surface area contributed by atoms with Crippen LogP contribution in [0, 0.1) is 0 Å². The van der Waals surface area contributed by atoms with Crippen LogP contribution in [0.4, 0.5) is 0 Å². The molecule has 0 saturated carbocycles. The zero-order chi connectivity index (χ0) is 17.1. The summed E-state index contributed by atoms with van der Waals surface area (Å²) in [6.07, 6.45) is 1.72. The highest BCUT2D eigenvalue weighted by molar-refractivity contribution is 9.10. The predicted octanol–water partition coefficient (Wildman–Crippen LogP) is 4.73. The van der Waals surface area contributed by atoms with E-state index in [4.69, 9.17) is 9.15 Å². The van der Waals surface area contributed by atoms with Gasteiger partial charge < -0.3 is 9.15 Å². The van der Waals surface area contributed by atoms with Crippen LogP contribution in [-0.2, 0) is 6.42 Å². The number of aryl methyl sites for hydroxylation is 1. The van der Waals surface area contributed by atoms with E-state index in [1.54, 1.807) is 30.3 Å². The summed E-state index contributed by atoms with van der Waals surface area (Å²) in [7, 11) is 0. The molecule has 3 rings (SSSR count). The molecule has 0 aliphatic rings. The van der Waals surface area contributed by atoms with Crippen molar-refractivity contribution in [3.8, 4) is 5.75 Å². The Hall–Kier alpha value is -2.40. The SMILES string of the molecule is CCCc1cc(=O)oc2cc(OC(=O)c3ccccc3Br)ccc12. The second kappa shape index (κ2) is 7.01. The molecule has 0 saturated heterocycles. The Labute approximate surface area is 147 Å². The Balaban J connectivity index is 1.95. The van der Waals surface area contributed by atoms with Crippen molar-refractivity contribution in [3.05, 3.63) is 74.6 Å². The minimum absolute atomic E-state index is 0.333. The van der Waals surface area contributed by atoms with Crippen molar-refractivity contribution in [1.29, 1.82) is 0 Å². The summed E-state index contributed by atoms with van der Waals surface area (Å²) >= 11 is 3.33. The second-order valence-electron chi connectivity index (χ2n) is 5.37. The predicted molar refractivity (Wildman–Crippen MR) is 95.6 cm³/mol. The Morgan fingerprint density at radius 1 is 1.17 bits per heavy atom. The lowest BCUT2D eigenvalue weighted by Gasteiger charge is -2.08. The summed E-state index contributed by atoms with van der Waals surface area (Å²) in [4.78, 5) is 24.0. The van der Waals surface area contributed by atoms with E-state index in [1.165, 1.54) is 6.07 Å². The van der Waals surface area contributed by atoms with Gasteiger partial charge in [0.2, 0.25) is 0 Å². The zero-order valence-corrected chi connectivity index (χ0v) is 14.6. The largest absolute Gasteiger partial charge is 0.423 e. The number of ether oxygens (including phenoxy) is 1. The van der Waals surface area contributed by atoms with E-state index in [2.05, 4.69) is 15.9 Å². The van der Waals surface area contributed by atoms with Gasteiger partial charge in [0, 0.05) is 22.0 Å². The molecule has 5 heteroatoms. The molecule has 122 valence electrons.